The molecule has 0 amide bonds. The molecule has 0 saturated carbocycles. The molecule has 0 bridgehead atoms. The monoisotopic (exact) mass is 201 g/mol. The van der Waals surface area contributed by atoms with Crippen molar-refractivity contribution in [1.29, 1.82) is 0 Å². The highest BCUT2D eigenvalue weighted by molar-refractivity contribution is 5.90. The summed E-state index contributed by atoms with van der Waals surface area (Å²) in [6.07, 6.45) is 0. The Morgan fingerprint density at radius 2 is 1.60 bits per heavy atom. The van der Waals surface area contributed by atoms with E-state index in [2.05, 4.69) is 51.3 Å². The molecule has 1 aromatic heterocycles. The van der Waals surface area contributed by atoms with Crippen LogP contribution < -0.4 is 0 Å². The first-order valence-corrected chi connectivity index (χ1v) is 5.63. The second-order valence-electron chi connectivity index (χ2n) is 4.38. The number of benzene rings is 1. The zero-order chi connectivity index (χ0) is 11.2. The maximum Gasteiger partial charge on any atom is 0.0517 e. The summed E-state index contributed by atoms with van der Waals surface area (Å²) in [5, 5.41) is 1.45. The van der Waals surface area contributed by atoms with E-state index in [0.717, 1.165) is 6.54 Å². The van der Waals surface area contributed by atoms with Crippen molar-refractivity contribution in [2.24, 2.45) is 0 Å². The van der Waals surface area contributed by atoms with Gasteiger partial charge in [-0.15, -0.1) is 0 Å². The topological polar surface area (TPSA) is 4.93 Å². The van der Waals surface area contributed by atoms with Crippen LogP contribution in [0.15, 0.2) is 12.1 Å². The van der Waals surface area contributed by atoms with Gasteiger partial charge < -0.3 is 4.57 Å². The molecule has 0 saturated heterocycles. The van der Waals surface area contributed by atoms with Crippen molar-refractivity contribution >= 4 is 10.9 Å². The molecule has 1 aromatic carbocycles. The van der Waals surface area contributed by atoms with Gasteiger partial charge in [-0.2, -0.15) is 0 Å². The van der Waals surface area contributed by atoms with Crippen LogP contribution in [0.2, 0.25) is 0 Å². The van der Waals surface area contributed by atoms with E-state index >= 15 is 0 Å². The highest BCUT2D eigenvalue weighted by Gasteiger charge is 2.12. The van der Waals surface area contributed by atoms with E-state index in [1.165, 1.54) is 33.3 Å². The number of nitrogens with zero attached hydrogens (tertiary/aromatic N) is 1. The van der Waals surface area contributed by atoms with Crippen LogP contribution in [0.5, 0.6) is 0 Å². The lowest BCUT2D eigenvalue weighted by Crippen LogP contribution is -1.97. The van der Waals surface area contributed by atoms with Crippen LogP contribution in [0.25, 0.3) is 10.9 Å². The van der Waals surface area contributed by atoms with Gasteiger partial charge in [0.1, 0.15) is 0 Å². The van der Waals surface area contributed by atoms with Crippen LogP contribution in [0.3, 0.4) is 0 Å². The summed E-state index contributed by atoms with van der Waals surface area (Å²) in [6.45, 7) is 12.1. The van der Waals surface area contributed by atoms with Crippen molar-refractivity contribution in [3.05, 3.63) is 34.5 Å². The van der Waals surface area contributed by atoms with Crippen LogP contribution in [0, 0.1) is 27.7 Å². The van der Waals surface area contributed by atoms with Gasteiger partial charge in [-0.05, 0) is 51.3 Å². The largest absolute Gasteiger partial charge is 0.345 e. The average molecular weight is 201 g/mol. The summed E-state index contributed by atoms with van der Waals surface area (Å²) in [6, 6.07) is 4.45. The summed E-state index contributed by atoms with van der Waals surface area (Å²) in [4.78, 5) is 0. The molecule has 0 atom stereocenters. The van der Waals surface area contributed by atoms with Gasteiger partial charge in [0, 0.05) is 17.6 Å². The maximum atomic E-state index is 2.42. The van der Waals surface area contributed by atoms with Gasteiger partial charge in [0.05, 0.1) is 5.52 Å². The van der Waals surface area contributed by atoms with Gasteiger partial charge >= 0.3 is 0 Å². The smallest absolute Gasteiger partial charge is 0.0517 e. The number of fused-ring (bicyclic) bond motifs is 1. The number of aryl methyl sites for hydroxylation is 4. The van der Waals surface area contributed by atoms with Gasteiger partial charge in [0.25, 0.3) is 0 Å². The van der Waals surface area contributed by atoms with Crippen LogP contribution in [0.4, 0.5) is 0 Å². The Kier molecular flexibility index (Phi) is 2.34. The van der Waals surface area contributed by atoms with Gasteiger partial charge in [-0.1, -0.05) is 12.1 Å². The van der Waals surface area contributed by atoms with Gasteiger partial charge in [0.2, 0.25) is 0 Å². The van der Waals surface area contributed by atoms with E-state index in [4.69, 9.17) is 0 Å². The normalized spacial score (nSPS) is 11.3. The van der Waals surface area contributed by atoms with Crippen molar-refractivity contribution in [2.75, 3.05) is 0 Å². The highest BCUT2D eigenvalue weighted by Crippen LogP contribution is 2.30. The molecule has 0 unspecified atom stereocenters. The Morgan fingerprint density at radius 3 is 2.20 bits per heavy atom. The van der Waals surface area contributed by atoms with Gasteiger partial charge in [-0.25, -0.2) is 0 Å². The molecule has 2 aromatic rings. The number of aromatic nitrogens is 1. The minimum Gasteiger partial charge on any atom is -0.345 e. The van der Waals surface area contributed by atoms with Gasteiger partial charge in [0.15, 0.2) is 0 Å². The van der Waals surface area contributed by atoms with E-state index in [0.29, 0.717) is 0 Å². The van der Waals surface area contributed by atoms with E-state index in [-0.39, 0.29) is 0 Å². The van der Waals surface area contributed by atoms with Crippen molar-refractivity contribution in [3.8, 4) is 0 Å². The van der Waals surface area contributed by atoms with Crippen LogP contribution in [-0.4, -0.2) is 4.57 Å². The second-order valence-corrected chi connectivity index (χ2v) is 4.38. The third-order valence-corrected chi connectivity index (χ3v) is 3.50. The highest BCUT2D eigenvalue weighted by atomic mass is 15.0. The van der Waals surface area contributed by atoms with Crippen molar-refractivity contribution < 1.29 is 0 Å². The fraction of sp³-hybridized carbons (Fsp3) is 0.429. The number of hydrogen-bond acceptors (Lipinski definition) is 0. The Labute approximate surface area is 91.7 Å². The molecule has 2 rings (SSSR count). The van der Waals surface area contributed by atoms with Crippen molar-refractivity contribution in [2.45, 2.75) is 41.2 Å². The quantitative estimate of drug-likeness (QED) is 0.659. The first-order valence-electron chi connectivity index (χ1n) is 5.63. The molecule has 1 heteroatoms. The number of rotatable bonds is 1. The molecular weight excluding hydrogens is 182 g/mol. The zero-order valence-electron chi connectivity index (χ0n) is 10.3. The summed E-state index contributed by atoms with van der Waals surface area (Å²) in [7, 11) is 0. The summed E-state index contributed by atoms with van der Waals surface area (Å²) >= 11 is 0. The zero-order valence-corrected chi connectivity index (χ0v) is 10.3. The van der Waals surface area contributed by atoms with E-state index in [1.54, 1.807) is 0 Å². The molecule has 0 radical (unpaired) electrons. The minimum atomic E-state index is 1.06. The Balaban J connectivity index is 3.02. The molecular formula is C14H19N. The fourth-order valence-corrected chi connectivity index (χ4v) is 2.56. The van der Waals surface area contributed by atoms with Crippen molar-refractivity contribution in [3.63, 3.8) is 0 Å². The standard InChI is InChI=1S/C14H19N/c1-6-15-12(5)11(4)13-9(2)7-8-10(3)14(13)15/h7-8H,6H2,1-5H3. The molecule has 15 heavy (non-hydrogen) atoms. The van der Waals surface area contributed by atoms with Crippen LogP contribution in [0.1, 0.15) is 29.3 Å². The number of hydrogen-bond donors (Lipinski definition) is 0. The Bertz CT molecular complexity index is 518. The van der Waals surface area contributed by atoms with Gasteiger partial charge in [-0.3, -0.25) is 0 Å². The molecule has 1 heterocycles. The molecule has 80 valence electrons. The summed E-state index contributed by atoms with van der Waals surface area (Å²) in [5.74, 6) is 0. The van der Waals surface area contributed by atoms with E-state index in [9.17, 15) is 0 Å². The molecule has 0 aliphatic heterocycles. The molecule has 1 nitrogen and oxygen atoms in total. The maximum absolute atomic E-state index is 2.42. The fourth-order valence-electron chi connectivity index (χ4n) is 2.56. The third-order valence-electron chi connectivity index (χ3n) is 3.50. The average Bonchev–Trinajstić information content (AvgIpc) is 2.47. The molecule has 0 aliphatic rings. The second kappa shape index (κ2) is 3.41. The summed E-state index contributed by atoms with van der Waals surface area (Å²) < 4.78 is 2.42. The summed E-state index contributed by atoms with van der Waals surface area (Å²) in [5.41, 5.74) is 7.04. The van der Waals surface area contributed by atoms with Crippen molar-refractivity contribution in [1.82, 2.24) is 4.57 Å². The lowest BCUT2D eigenvalue weighted by molar-refractivity contribution is 0.764. The lowest BCUT2D eigenvalue weighted by Gasteiger charge is -2.07. The lowest BCUT2D eigenvalue weighted by atomic mass is 10.0. The van der Waals surface area contributed by atoms with E-state index in [1.807, 2.05) is 0 Å². The first-order chi connectivity index (χ1) is 7.07. The predicted octanol–water partition coefficient (Wildman–Crippen LogP) is 3.89. The molecule has 0 aliphatic carbocycles. The predicted molar refractivity (Wildman–Crippen MR) is 66.6 cm³/mol. The van der Waals surface area contributed by atoms with E-state index < -0.39 is 0 Å². The minimum absolute atomic E-state index is 1.06. The molecule has 0 spiro atoms. The Morgan fingerprint density at radius 1 is 1.00 bits per heavy atom. The third kappa shape index (κ3) is 1.30. The first kappa shape index (κ1) is 10.3. The molecule has 0 fully saturated rings. The SMILES string of the molecule is CCn1c(C)c(C)c2c(C)ccc(C)c21. The Hall–Kier alpha value is -1.24. The van der Waals surface area contributed by atoms with Crippen LogP contribution >= 0.6 is 0 Å². The molecule has 0 N–H and O–H groups in total. The van der Waals surface area contributed by atoms with Crippen LogP contribution in [-0.2, 0) is 6.54 Å².